The molecular formula is C14H27N5. The van der Waals surface area contributed by atoms with E-state index in [0.717, 1.165) is 24.5 Å². The van der Waals surface area contributed by atoms with Crippen molar-refractivity contribution in [2.24, 2.45) is 5.84 Å². The largest absolute Gasteiger partial charge is 0.367 e. The summed E-state index contributed by atoms with van der Waals surface area (Å²) in [6.45, 7) is 6.46. The summed E-state index contributed by atoms with van der Waals surface area (Å²) in [5, 5.41) is 3.42. The first kappa shape index (κ1) is 15.7. The number of unbranched alkanes of at least 4 members (excludes halogenated alkanes) is 3. The van der Waals surface area contributed by atoms with Gasteiger partial charge in [0.1, 0.15) is 17.5 Å². The quantitative estimate of drug-likeness (QED) is 0.363. The van der Waals surface area contributed by atoms with Crippen molar-refractivity contribution in [1.82, 2.24) is 9.97 Å². The van der Waals surface area contributed by atoms with Crippen molar-refractivity contribution in [3.63, 3.8) is 0 Å². The fourth-order valence-corrected chi connectivity index (χ4v) is 2.01. The van der Waals surface area contributed by atoms with Crippen molar-refractivity contribution in [2.45, 2.75) is 65.3 Å². The maximum absolute atomic E-state index is 5.42. The number of nitrogens with one attached hydrogen (secondary N) is 2. The summed E-state index contributed by atoms with van der Waals surface area (Å²) in [6, 6.07) is 2.27. The Kier molecular flexibility index (Phi) is 7.18. The molecule has 1 aromatic rings. The first-order valence-electron chi connectivity index (χ1n) is 7.30. The van der Waals surface area contributed by atoms with Gasteiger partial charge in [-0.3, -0.25) is 0 Å². The minimum Gasteiger partial charge on any atom is -0.367 e. The highest BCUT2D eigenvalue weighted by Crippen LogP contribution is 2.14. The van der Waals surface area contributed by atoms with Gasteiger partial charge in [-0.15, -0.1) is 0 Å². The van der Waals surface area contributed by atoms with Crippen LogP contribution in [0, 0.1) is 0 Å². The van der Waals surface area contributed by atoms with Crippen LogP contribution in [-0.2, 0) is 6.42 Å². The van der Waals surface area contributed by atoms with E-state index >= 15 is 0 Å². The molecule has 0 aliphatic heterocycles. The predicted octanol–water partition coefficient (Wildman–Crippen LogP) is 3.10. The lowest BCUT2D eigenvalue weighted by Crippen LogP contribution is -2.18. The third-order valence-corrected chi connectivity index (χ3v) is 3.12. The lowest BCUT2D eigenvalue weighted by Gasteiger charge is -2.15. The normalized spacial score (nSPS) is 12.2. The standard InChI is InChI=1S/C14H27N5/c1-4-6-7-8-9-11(3)16-13-10-14(19-15)18-12(5-2)17-13/h10-11H,4-9,15H2,1-3H3,(H2,16,17,18,19). The third kappa shape index (κ3) is 5.87. The van der Waals surface area contributed by atoms with Crippen molar-refractivity contribution in [3.8, 4) is 0 Å². The van der Waals surface area contributed by atoms with Gasteiger partial charge in [0.05, 0.1) is 0 Å². The number of hydrogen-bond acceptors (Lipinski definition) is 5. The zero-order chi connectivity index (χ0) is 14.1. The number of anilines is 2. The fraction of sp³-hybridized carbons (Fsp3) is 0.714. The fourth-order valence-electron chi connectivity index (χ4n) is 2.01. The topological polar surface area (TPSA) is 75.9 Å². The average Bonchev–Trinajstić information content (AvgIpc) is 2.43. The van der Waals surface area contributed by atoms with Crippen LogP contribution in [0.15, 0.2) is 6.07 Å². The minimum absolute atomic E-state index is 0.419. The number of rotatable bonds is 9. The molecule has 0 spiro atoms. The summed E-state index contributed by atoms with van der Waals surface area (Å²) >= 11 is 0. The number of hydrazine groups is 1. The second kappa shape index (κ2) is 8.69. The molecule has 0 bridgehead atoms. The lowest BCUT2D eigenvalue weighted by molar-refractivity contribution is 0.592. The Morgan fingerprint density at radius 1 is 1.16 bits per heavy atom. The molecule has 4 N–H and O–H groups in total. The second-order valence-corrected chi connectivity index (χ2v) is 4.95. The van der Waals surface area contributed by atoms with Gasteiger partial charge in [0, 0.05) is 18.5 Å². The van der Waals surface area contributed by atoms with E-state index < -0.39 is 0 Å². The summed E-state index contributed by atoms with van der Waals surface area (Å²) in [4.78, 5) is 8.74. The van der Waals surface area contributed by atoms with E-state index in [1.165, 1.54) is 25.7 Å². The van der Waals surface area contributed by atoms with Gasteiger partial charge in [-0.05, 0) is 13.3 Å². The van der Waals surface area contributed by atoms with E-state index in [2.05, 4.69) is 34.6 Å². The highest BCUT2D eigenvalue weighted by molar-refractivity contribution is 5.47. The number of hydrogen-bond donors (Lipinski definition) is 3. The van der Waals surface area contributed by atoms with E-state index in [1.807, 2.05) is 13.0 Å². The molecule has 1 unspecified atom stereocenters. The molecule has 0 saturated heterocycles. The van der Waals surface area contributed by atoms with Gasteiger partial charge in [0.2, 0.25) is 0 Å². The van der Waals surface area contributed by atoms with Gasteiger partial charge in [0.15, 0.2) is 0 Å². The first-order valence-corrected chi connectivity index (χ1v) is 7.30. The molecule has 1 aromatic heterocycles. The van der Waals surface area contributed by atoms with E-state index in [9.17, 15) is 0 Å². The summed E-state index contributed by atoms with van der Waals surface area (Å²) in [5.41, 5.74) is 2.58. The van der Waals surface area contributed by atoms with Crippen molar-refractivity contribution in [3.05, 3.63) is 11.9 Å². The summed E-state index contributed by atoms with van der Waals surface area (Å²) in [6.07, 6.45) is 7.13. The highest BCUT2D eigenvalue weighted by Gasteiger charge is 2.06. The molecule has 5 nitrogen and oxygen atoms in total. The highest BCUT2D eigenvalue weighted by atomic mass is 15.3. The number of aromatic nitrogens is 2. The Hall–Kier alpha value is -1.36. The van der Waals surface area contributed by atoms with Crippen molar-refractivity contribution >= 4 is 11.6 Å². The van der Waals surface area contributed by atoms with Gasteiger partial charge < -0.3 is 10.7 Å². The Morgan fingerprint density at radius 2 is 1.89 bits per heavy atom. The Bertz CT molecular complexity index is 345. The van der Waals surface area contributed by atoms with Gasteiger partial charge >= 0.3 is 0 Å². The van der Waals surface area contributed by atoms with E-state index in [4.69, 9.17) is 5.84 Å². The van der Waals surface area contributed by atoms with Crippen LogP contribution in [0.4, 0.5) is 11.6 Å². The molecule has 0 amide bonds. The molecule has 1 atom stereocenters. The molecule has 1 rings (SSSR count). The number of nitrogens with zero attached hydrogens (tertiary/aromatic N) is 2. The van der Waals surface area contributed by atoms with Gasteiger partial charge in [-0.1, -0.05) is 39.5 Å². The maximum atomic E-state index is 5.42. The predicted molar refractivity (Wildman–Crippen MR) is 81.1 cm³/mol. The SMILES string of the molecule is CCCCCCC(C)Nc1cc(NN)nc(CC)n1. The summed E-state index contributed by atoms with van der Waals surface area (Å²) in [7, 11) is 0. The Morgan fingerprint density at radius 3 is 2.53 bits per heavy atom. The minimum atomic E-state index is 0.419. The first-order chi connectivity index (χ1) is 9.19. The smallest absolute Gasteiger partial charge is 0.145 e. The molecule has 108 valence electrons. The van der Waals surface area contributed by atoms with E-state index in [0.29, 0.717) is 11.9 Å². The molecule has 19 heavy (non-hydrogen) atoms. The molecule has 1 heterocycles. The zero-order valence-electron chi connectivity index (χ0n) is 12.4. The Balaban J connectivity index is 2.50. The van der Waals surface area contributed by atoms with Crippen LogP contribution < -0.4 is 16.6 Å². The maximum Gasteiger partial charge on any atom is 0.145 e. The molecule has 0 saturated carbocycles. The van der Waals surface area contributed by atoms with Gasteiger partial charge in [-0.2, -0.15) is 0 Å². The molecule has 0 aromatic carbocycles. The van der Waals surface area contributed by atoms with E-state index in [-0.39, 0.29) is 0 Å². The number of nitrogen functional groups attached to an aromatic ring is 1. The van der Waals surface area contributed by atoms with E-state index in [1.54, 1.807) is 0 Å². The van der Waals surface area contributed by atoms with Crippen LogP contribution in [0.3, 0.4) is 0 Å². The third-order valence-electron chi connectivity index (χ3n) is 3.12. The van der Waals surface area contributed by atoms with Crippen molar-refractivity contribution in [1.29, 1.82) is 0 Å². The van der Waals surface area contributed by atoms with Crippen molar-refractivity contribution in [2.75, 3.05) is 10.7 Å². The van der Waals surface area contributed by atoms with Gasteiger partial charge in [0.25, 0.3) is 0 Å². The summed E-state index contributed by atoms with van der Waals surface area (Å²) < 4.78 is 0. The van der Waals surface area contributed by atoms with Crippen LogP contribution in [0.2, 0.25) is 0 Å². The Labute approximate surface area is 116 Å². The van der Waals surface area contributed by atoms with Crippen LogP contribution in [0.5, 0.6) is 0 Å². The molecule has 0 fully saturated rings. The molecule has 5 heteroatoms. The zero-order valence-corrected chi connectivity index (χ0v) is 12.4. The molecular weight excluding hydrogens is 238 g/mol. The molecule has 0 aliphatic rings. The van der Waals surface area contributed by atoms with Gasteiger partial charge in [-0.25, -0.2) is 15.8 Å². The van der Waals surface area contributed by atoms with Crippen LogP contribution in [-0.4, -0.2) is 16.0 Å². The monoisotopic (exact) mass is 265 g/mol. The van der Waals surface area contributed by atoms with Crippen molar-refractivity contribution < 1.29 is 0 Å². The van der Waals surface area contributed by atoms with Crippen LogP contribution in [0.1, 0.15) is 58.7 Å². The molecule has 0 radical (unpaired) electrons. The van der Waals surface area contributed by atoms with Crippen LogP contribution in [0.25, 0.3) is 0 Å². The second-order valence-electron chi connectivity index (χ2n) is 4.95. The summed E-state index contributed by atoms with van der Waals surface area (Å²) in [5.74, 6) is 7.73. The number of aryl methyl sites for hydroxylation is 1. The number of nitrogens with two attached hydrogens (primary N) is 1. The average molecular weight is 265 g/mol. The lowest BCUT2D eigenvalue weighted by atomic mass is 10.1. The van der Waals surface area contributed by atoms with Crippen LogP contribution >= 0.6 is 0 Å². The molecule has 0 aliphatic carbocycles.